The fourth-order valence-corrected chi connectivity index (χ4v) is 4.72. The number of ether oxygens (including phenoxy) is 1. The fourth-order valence-electron chi connectivity index (χ4n) is 4.72. The Balaban J connectivity index is 1.47. The fraction of sp³-hybridized carbons (Fsp3) is 0.542. The molecule has 1 spiro atoms. The summed E-state index contributed by atoms with van der Waals surface area (Å²) in [6.07, 6.45) is 8.68. The second-order valence-corrected chi connectivity index (χ2v) is 9.12. The molecule has 2 atom stereocenters. The van der Waals surface area contributed by atoms with Gasteiger partial charge in [0.1, 0.15) is 11.9 Å². The minimum Gasteiger partial charge on any atom is -0.438 e. The van der Waals surface area contributed by atoms with E-state index in [0.29, 0.717) is 49.9 Å². The Labute approximate surface area is 198 Å². The van der Waals surface area contributed by atoms with Gasteiger partial charge in [-0.2, -0.15) is 0 Å². The highest BCUT2D eigenvalue weighted by Gasteiger charge is 2.48. The number of rotatable bonds is 9. The van der Waals surface area contributed by atoms with Crippen molar-refractivity contribution in [3.63, 3.8) is 0 Å². The van der Waals surface area contributed by atoms with E-state index >= 15 is 0 Å². The van der Waals surface area contributed by atoms with Gasteiger partial charge in [-0.25, -0.2) is 9.97 Å². The summed E-state index contributed by atoms with van der Waals surface area (Å²) in [5.41, 5.74) is 0.866. The maximum atomic E-state index is 13.1. The molecule has 10 heteroatoms. The van der Waals surface area contributed by atoms with Gasteiger partial charge in [0.05, 0.1) is 17.3 Å². The monoisotopic (exact) mass is 469 g/mol. The predicted octanol–water partition coefficient (Wildman–Crippen LogP) is 3.02. The summed E-state index contributed by atoms with van der Waals surface area (Å²) in [5.74, 6) is -0.163. The van der Waals surface area contributed by atoms with Crippen molar-refractivity contribution in [1.82, 2.24) is 15.3 Å². The first kappa shape index (κ1) is 23.9. The Morgan fingerprint density at radius 2 is 2.00 bits per heavy atom. The van der Waals surface area contributed by atoms with E-state index in [1.807, 2.05) is 0 Å². The molecule has 34 heavy (non-hydrogen) atoms. The molecular formula is C24H31N5O5. The minimum atomic E-state index is -0.775. The van der Waals surface area contributed by atoms with Crippen LogP contribution in [0.4, 0.5) is 11.5 Å². The van der Waals surface area contributed by atoms with Crippen LogP contribution in [-0.2, 0) is 19.7 Å². The van der Waals surface area contributed by atoms with Gasteiger partial charge in [0, 0.05) is 31.0 Å². The van der Waals surface area contributed by atoms with Gasteiger partial charge in [-0.3, -0.25) is 14.4 Å². The van der Waals surface area contributed by atoms with E-state index in [1.165, 1.54) is 12.6 Å². The van der Waals surface area contributed by atoms with Gasteiger partial charge in [0.25, 0.3) is 5.91 Å². The molecule has 0 unspecified atom stereocenters. The third kappa shape index (κ3) is 4.96. The maximum Gasteiger partial charge on any atom is 0.289 e. The molecule has 182 valence electrons. The number of carbonyl (C=O) groups is 3. The number of nitrogens with one attached hydrogen (secondary N) is 3. The van der Waals surface area contributed by atoms with E-state index in [4.69, 9.17) is 9.15 Å². The third-order valence-corrected chi connectivity index (χ3v) is 6.71. The molecule has 2 aromatic rings. The van der Waals surface area contributed by atoms with Crippen LogP contribution in [0, 0.1) is 5.92 Å². The van der Waals surface area contributed by atoms with Gasteiger partial charge < -0.3 is 25.1 Å². The number of pyridine rings is 1. The number of amides is 3. The number of carbonyl (C=O) groups excluding carboxylic acids is 3. The van der Waals surface area contributed by atoms with Crippen LogP contribution >= 0.6 is 0 Å². The van der Waals surface area contributed by atoms with E-state index in [-0.39, 0.29) is 17.6 Å². The van der Waals surface area contributed by atoms with Crippen molar-refractivity contribution < 1.29 is 23.5 Å². The number of aromatic nitrogens is 2. The van der Waals surface area contributed by atoms with E-state index in [0.717, 1.165) is 24.8 Å². The van der Waals surface area contributed by atoms with Crippen molar-refractivity contribution in [3.05, 3.63) is 36.2 Å². The van der Waals surface area contributed by atoms with E-state index in [1.54, 1.807) is 12.3 Å². The summed E-state index contributed by atoms with van der Waals surface area (Å²) < 4.78 is 10.5. The van der Waals surface area contributed by atoms with Gasteiger partial charge >= 0.3 is 0 Å². The summed E-state index contributed by atoms with van der Waals surface area (Å²) in [4.78, 5) is 46.5. The van der Waals surface area contributed by atoms with Crippen molar-refractivity contribution in [1.29, 1.82) is 0 Å². The summed E-state index contributed by atoms with van der Waals surface area (Å²) >= 11 is 0. The van der Waals surface area contributed by atoms with E-state index < -0.39 is 17.4 Å². The average Bonchev–Trinajstić information content (AvgIpc) is 3.45. The molecule has 0 aliphatic carbocycles. The van der Waals surface area contributed by atoms with Crippen molar-refractivity contribution in [2.45, 2.75) is 63.8 Å². The lowest BCUT2D eigenvalue weighted by Gasteiger charge is -2.31. The van der Waals surface area contributed by atoms with Crippen molar-refractivity contribution in [2.24, 2.45) is 5.92 Å². The van der Waals surface area contributed by atoms with Crippen LogP contribution in [0.15, 0.2) is 29.3 Å². The van der Waals surface area contributed by atoms with Crippen LogP contribution in [0.5, 0.6) is 0 Å². The zero-order valence-electron chi connectivity index (χ0n) is 19.6. The van der Waals surface area contributed by atoms with Crippen molar-refractivity contribution in [2.75, 3.05) is 23.8 Å². The lowest BCUT2D eigenvalue weighted by atomic mass is 9.76. The molecule has 1 saturated heterocycles. The van der Waals surface area contributed by atoms with E-state index in [2.05, 4.69) is 39.8 Å². The first-order valence-corrected chi connectivity index (χ1v) is 11.8. The lowest BCUT2D eigenvalue weighted by molar-refractivity contribution is -0.124. The minimum absolute atomic E-state index is 0.0412. The largest absolute Gasteiger partial charge is 0.438 e. The SMILES string of the molecule is CCC[C@H](C)CC[C@H](NC(=O)c1cnco1)C(=O)Nc1cc2c(cn1)C1(CCOCC1)C(=O)N2. The molecule has 3 N–H and O–H groups in total. The van der Waals surface area contributed by atoms with Gasteiger partial charge in [-0.05, 0) is 31.6 Å². The van der Waals surface area contributed by atoms with Crippen LogP contribution in [-0.4, -0.2) is 46.9 Å². The topological polar surface area (TPSA) is 135 Å². The Kier molecular flexibility index (Phi) is 7.26. The Bertz CT molecular complexity index is 1030. The third-order valence-electron chi connectivity index (χ3n) is 6.71. The first-order chi connectivity index (χ1) is 16.4. The number of hydrogen-bond donors (Lipinski definition) is 3. The van der Waals surface area contributed by atoms with Gasteiger partial charge in [0.15, 0.2) is 6.39 Å². The molecular weight excluding hydrogens is 438 g/mol. The zero-order chi connectivity index (χ0) is 24.1. The molecule has 4 heterocycles. The molecule has 4 rings (SSSR count). The Morgan fingerprint density at radius 3 is 2.71 bits per heavy atom. The standard InChI is InChI=1S/C24H31N5O5/c1-3-4-15(2)5-6-17(27-22(31)19-13-25-14-34-19)21(30)29-20-11-18-16(12-26-20)24(23(32)28-18)7-9-33-10-8-24/h11-15,17H,3-10H2,1-2H3,(H,27,31)(H,28,32)(H,26,29,30)/t15-,17-/m0/s1. The summed E-state index contributed by atoms with van der Waals surface area (Å²) in [5, 5.41) is 8.47. The second kappa shape index (κ2) is 10.3. The van der Waals surface area contributed by atoms with Gasteiger partial charge in [-0.15, -0.1) is 0 Å². The molecule has 0 bridgehead atoms. The molecule has 1 fully saturated rings. The van der Waals surface area contributed by atoms with Crippen LogP contribution in [0.3, 0.4) is 0 Å². The number of oxazole rings is 1. The zero-order valence-corrected chi connectivity index (χ0v) is 19.6. The normalized spacial score (nSPS) is 18.1. The van der Waals surface area contributed by atoms with E-state index in [9.17, 15) is 14.4 Å². The summed E-state index contributed by atoms with van der Waals surface area (Å²) in [6, 6.07) is 0.896. The molecule has 2 aromatic heterocycles. The Morgan fingerprint density at radius 1 is 1.21 bits per heavy atom. The summed E-state index contributed by atoms with van der Waals surface area (Å²) in [7, 11) is 0. The van der Waals surface area contributed by atoms with Crippen LogP contribution in [0.25, 0.3) is 0 Å². The smallest absolute Gasteiger partial charge is 0.289 e. The average molecular weight is 470 g/mol. The molecule has 3 amide bonds. The molecule has 10 nitrogen and oxygen atoms in total. The quantitative estimate of drug-likeness (QED) is 0.514. The molecule has 0 saturated carbocycles. The second-order valence-electron chi connectivity index (χ2n) is 9.12. The van der Waals surface area contributed by atoms with Crippen LogP contribution in [0.2, 0.25) is 0 Å². The van der Waals surface area contributed by atoms with Crippen molar-refractivity contribution in [3.8, 4) is 0 Å². The highest BCUT2D eigenvalue weighted by atomic mass is 16.5. The van der Waals surface area contributed by atoms with Gasteiger partial charge in [-0.1, -0.05) is 26.7 Å². The Hall–Kier alpha value is -3.27. The lowest BCUT2D eigenvalue weighted by Crippen LogP contribution is -2.44. The highest BCUT2D eigenvalue weighted by molar-refractivity contribution is 6.07. The maximum absolute atomic E-state index is 13.1. The molecule has 2 aliphatic rings. The van der Waals surface area contributed by atoms with Gasteiger partial charge in [0.2, 0.25) is 17.6 Å². The number of anilines is 2. The highest BCUT2D eigenvalue weighted by Crippen LogP contribution is 2.44. The number of fused-ring (bicyclic) bond motifs is 2. The van der Waals surface area contributed by atoms with Crippen LogP contribution < -0.4 is 16.0 Å². The predicted molar refractivity (Wildman–Crippen MR) is 124 cm³/mol. The first-order valence-electron chi connectivity index (χ1n) is 11.8. The van der Waals surface area contributed by atoms with Crippen LogP contribution in [0.1, 0.15) is 68.5 Å². The molecule has 0 radical (unpaired) electrons. The van der Waals surface area contributed by atoms with Crippen molar-refractivity contribution >= 4 is 29.2 Å². The molecule has 2 aliphatic heterocycles. The number of hydrogen-bond acceptors (Lipinski definition) is 7. The number of nitrogens with zero attached hydrogens (tertiary/aromatic N) is 2. The molecule has 0 aromatic carbocycles. The summed E-state index contributed by atoms with van der Waals surface area (Å²) in [6.45, 7) is 5.30.